The first-order chi connectivity index (χ1) is 16.0. The first-order valence-electron chi connectivity index (χ1n) is 10.9. The lowest BCUT2D eigenvalue weighted by molar-refractivity contribution is -0.118. The predicted molar refractivity (Wildman–Crippen MR) is 130 cm³/mol. The molecule has 0 radical (unpaired) electrons. The zero-order chi connectivity index (χ0) is 23.2. The molecule has 0 spiro atoms. The maximum absolute atomic E-state index is 12.3. The molecule has 1 aliphatic rings. The Hall–Kier alpha value is -4.00. The van der Waals surface area contributed by atoms with Gasteiger partial charge in [0.2, 0.25) is 0 Å². The number of ether oxygens (including phenoxy) is 1. The second kappa shape index (κ2) is 10.1. The van der Waals surface area contributed by atoms with Crippen molar-refractivity contribution in [3.05, 3.63) is 83.9 Å². The number of benzene rings is 3. The Bertz CT molecular complexity index is 1130. The van der Waals surface area contributed by atoms with Gasteiger partial charge in [-0.25, -0.2) is 4.79 Å². The third-order valence-electron chi connectivity index (χ3n) is 5.63. The van der Waals surface area contributed by atoms with Gasteiger partial charge >= 0.3 is 5.97 Å². The molecule has 0 aromatic heterocycles. The monoisotopic (exact) mass is 445 g/mol. The van der Waals surface area contributed by atoms with Crippen molar-refractivity contribution in [1.29, 1.82) is 0 Å². The van der Waals surface area contributed by atoms with Gasteiger partial charge in [-0.15, -0.1) is 0 Å². The van der Waals surface area contributed by atoms with E-state index in [2.05, 4.69) is 46.3 Å². The highest BCUT2D eigenvalue weighted by Crippen LogP contribution is 2.26. The standard InChI is InChI=1S/C26H27N3O4/c1-19-6-5-7-20(16-19)28-12-14-29(15-13-28)21-10-11-24(23(17-21)26(31)32)27-25(30)18-33-22-8-3-2-4-9-22/h2-11,16-17H,12-15,18H2,1H3,(H,27,30)(H,31,32). The number of hydrogen-bond donors (Lipinski definition) is 2. The number of amides is 1. The van der Waals surface area contributed by atoms with Gasteiger partial charge in [0.15, 0.2) is 6.61 Å². The van der Waals surface area contributed by atoms with Crippen LogP contribution in [0.3, 0.4) is 0 Å². The summed E-state index contributed by atoms with van der Waals surface area (Å²) in [6, 6.07) is 22.6. The van der Waals surface area contributed by atoms with Crippen LogP contribution in [0.2, 0.25) is 0 Å². The van der Waals surface area contributed by atoms with Gasteiger partial charge in [-0.1, -0.05) is 30.3 Å². The van der Waals surface area contributed by atoms with Crippen molar-refractivity contribution in [3.8, 4) is 5.75 Å². The van der Waals surface area contributed by atoms with E-state index in [4.69, 9.17) is 4.74 Å². The average Bonchev–Trinajstić information content (AvgIpc) is 2.84. The van der Waals surface area contributed by atoms with E-state index in [1.165, 1.54) is 11.3 Å². The molecule has 1 heterocycles. The molecular weight excluding hydrogens is 418 g/mol. The van der Waals surface area contributed by atoms with Crippen molar-refractivity contribution in [2.45, 2.75) is 6.92 Å². The van der Waals surface area contributed by atoms with E-state index in [1.807, 2.05) is 24.3 Å². The summed E-state index contributed by atoms with van der Waals surface area (Å²) in [6.45, 7) is 5.14. The summed E-state index contributed by atoms with van der Waals surface area (Å²) >= 11 is 0. The molecular formula is C26H27N3O4. The molecule has 0 atom stereocenters. The molecule has 1 fully saturated rings. The van der Waals surface area contributed by atoms with Gasteiger partial charge in [0, 0.05) is 37.6 Å². The van der Waals surface area contributed by atoms with E-state index >= 15 is 0 Å². The Kier molecular flexibility index (Phi) is 6.78. The Morgan fingerprint density at radius 2 is 1.55 bits per heavy atom. The number of aromatic carboxylic acids is 1. The van der Waals surface area contributed by atoms with Crippen molar-refractivity contribution < 1.29 is 19.4 Å². The van der Waals surface area contributed by atoms with Crippen molar-refractivity contribution in [2.24, 2.45) is 0 Å². The zero-order valence-electron chi connectivity index (χ0n) is 18.5. The minimum Gasteiger partial charge on any atom is -0.484 e. The van der Waals surface area contributed by atoms with Crippen LogP contribution in [0.4, 0.5) is 17.1 Å². The Balaban J connectivity index is 1.39. The minimum atomic E-state index is -1.09. The fourth-order valence-corrected chi connectivity index (χ4v) is 3.91. The number of carbonyl (C=O) groups is 2. The van der Waals surface area contributed by atoms with Crippen LogP contribution in [0.15, 0.2) is 72.8 Å². The Labute approximate surface area is 193 Å². The topological polar surface area (TPSA) is 82.1 Å². The molecule has 2 N–H and O–H groups in total. The van der Waals surface area contributed by atoms with Gasteiger partial charge in [0.05, 0.1) is 11.3 Å². The zero-order valence-corrected chi connectivity index (χ0v) is 18.5. The van der Waals surface area contributed by atoms with Crippen LogP contribution in [0.5, 0.6) is 5.75 Å². The average molecular weight is 446 g/mol. The number of carboxylic acid groups (broad SMARTS) is 1. The van der Waals surface area contributed by atoms with E-state index in [0.717, 1.165) is 31.9 Å². The summed E-state index contributed by atoms with van der Waals surface area (Å²) < 4.78 is 5.44. The quantitative estimate of drug-likeness (QED) is 0.571. The molecule has 0 saturated carbocycles. The molecule has 1 aliphatic heterocycles. The van der Waals surface area contributed by atoms with Crippen molar-refractivity contribution in [2.75, 3.05) is 47.9 Å². The number of para-hydroxylation sites is 1. The van der Waals surface area contributed by atoms with Crippen LogP contribution in [0, 0.1) is 6.92 Å². The van der Waals surface area contributed by atoms with Gasteiger partial charge < -0.3 is 25.0 Å². The largest absolute Gasteiger partial charge is 0.484 e. The number of aryl methyl sites for hydroxylation is 1. The SMILES string of the molecule is Cc1cccc(N2CCN(c3ccc(NC(=O)COc4ccccc4)c(C(=O)O)c3)CC2)c1. The second-order valence-corrected chi connectivity index (χ2v) is 8.00. The van der Waals surface area contributed by atoms with Gasteiger partial charge in [0.25, 0.3) is 5.91 Å². The summed E-state index contributed by atoms with van der Waals surface area (Å²) in [5.74, 6) is -0.929. The number of rotatable bonds is 7. The molecule has 0 aliphatic carbocycles. The van der Waals surface area contributed by atoms with E-state index in [-0.39, 0.29) is 17.9 Å². The lowest BCUT2D eigenvalue weighted by Gasteiger charge is -2.37. The van der Waals surface area contributed by atoms with Gasteiger partial charge in [-0.05, 0) is 55.0 Å². The fraction of sp³-hybridized carbons (Fsp3) is 0.231. The predicted octanol–water partition coefficient (Wildman–Crippen LogP) is 4.04. The van der Waals surface area contributed by atoms with Crippen molar-refractivity contribution >= 4 is 28.9 Å². The third kappa shape index (κ3) is 5.63. The molecule has 3 aromatic carbocycles. The number of nitrogens with zero attached hydrogens (tertiary/aromatic N) is 2. The van der Waals surface area contributed by atoms with Gasteiger partial charge in [-0.2, -0.15) is 0 Å². The molecule has 4 rings (SSSR count). The van der Waals surface area contributed by atoms with Gasteiger partial charge in [-0.3, -0.25) is 4.79 Å². The first kappa shape index (κ1) is 22.2. The Morgan fingerprint density at radius 1 is 0.879 bits per heavy atom. The first-order valence-corrected chi connectivity index (χ1v) is 10.9. The number of nitrogens with one attached hydrogen (secondary N) is 1. The smallest absolute Gasteiger partial charge is 0.337 e. The molecule has 7 heteroatoms. The molecule has 7 nitrogen and oxygen atoms in total. The highest BCUT2D eigenvalue weighted by molar-refractivity contribution is 6.01. The molecule has 0 bridgehead atoms. The molecule has 33 heavy (non-hydrogen) atoms. The van der Waals surface area contributed by atoms with Crippen LogP contribution in [-0.2, 0) is 4.79 Å². The number of anilines is 3. The lowest BCUT2D eigenvalue weighted by atomic mass is 10.1. The summed E-state index contributed by atoms with van der Waals surface area (Å²) in [7, 11) is 0. The van der Waals surface area contributed by atoms with Crippen LogP contribution in [0.25, 0.3) is 0 Å². The Morgan fingerprint density at radius 3 is 2.18 bits per heavy atom. The van der Waals surface area contributed by atoms with Gasteiger partial charge in [0.1, 0.15) is 5.75 Å². The second-order valence-electron chi connectivity index (χ2n) is 8.00. The summed E-state index contributed by atoms with van der Waals surface area (Å²) in [6.07, 6.45) is 0. The van der Waals surface area contributed by atoms with Crippen LogP contribution < -0.4 is 19.9 Å². The molecule has 1 amide bonds. The molecule has 0 unspecified atom stereocenters. The van der Waals surface area contributed by atoms with E-state index in [1.54, 1.807) is 24.3 Å². The lowest BCUT2D eigenvalue weighted by Crippen LogP contribution is -2.46. The molecule has 3 aromatic rings. The van der Waals surface area contributed by atoms with Crippen molar-refractivity contribution in [1.82, 2.24) is 0 Å². The van der Waals surface area contributed by atoms with Crippen molar-refractivity contribution in [3.63, 3.8) is 0 Å². The van der Waals surface area contributed by atoms with E-state index in [0.29, 0.717) is 5.75 Å². The normalized spacial score (nSPS) is 13.5. The van der Waals surface area contributed by atoms with E-state index < -0.39 is 11.9 Å². The molecule has 170 valence electrons. The van der Waals surface area contributed by atoms with Crippen LogP contribution in [-0.4, -0.2) is 49.8 Å². The number of carboxylic acids is 1. The molecule has 1 saturated heterocycles. The third-order valence-corrected chi connectivity index (χ3v) is 5.63. The number of carbonyl (C=O) groups excluding carboxylic acids is 1. The highest BCUT2D eigenvalue weighted by Gasteiger charge is 2.20. The summed E-state index contributed by atoms with van der Waals surface area (Å²) in [4.78, 5) is 28.7. The summed E-state index contributed by atoms with van der Waals surface area (Å²) in [5.41, 5.74) is 3.58. The maximum Gasteiger partial charge on any atom is 0.337 e. The summed E-state index contributed by atoms with van der Waals surface area (Å²) in [5, 5.41) is 12.4. The highest BCUT2D eigenvalue weighted by atomic mass is 16.5. The minimum absolute atomic E-state index is 0.0571. The number of piperazine rings is 1. The van der Waals surface area contributed by atoms with E-state index in [9.17, 15) is 14.7 Å². The maximum atomic E-state index is 12.3. The van der Waals surface area contributed by atoms with Crippen LogP contribution >= 0.6 is 0 Å². The fourth-order valence-electron chi connectivity index (χ4n) is 3.91. The number of hydrogen-bond acceptors (Lipinski definition) is 5. The van der Waals surface area contributed by atoms with Crippen LogP contribution in [0.1, 0.15) is 15.9 Å².